The van der Waals surface area contributed by atoms with Crippen LogP contribution in [0.5, 0.6) is 5.75 Å². The second-order valence-corrected chi connectivity index (χ2v) is 5.65. The second kappa shape index (κ2) is 4.63. The Balaban J connectivity index is 2.31. The fourth-order valence-electron chi connectivity index (χ4n) is 3.05. The first kappa shape index (κ1) is 13.2. The van der Waals surface area contributed by atoms with E-state index in [4.69, 9.17) is 4.42 Å². The van der Waals surface area contributed by atoms with E-state index in [9.17, 15) is 9.90 Å². The lowest BCUT2D eigenvalue weighted by molar-refractivity contribution is 0.276. The Bertz CT molecular complexity index is 733. The molecule has 106 valence electrons. The first-order valence-electron chi connectivity index (χ1n) is 6.97. The summed E-state index contributed by atoms with van der Waals surface area (Å²) in [4.78, 5) is 14.7. The van der Waals surface area contributed by atoms with Gasteiger partial charge in [0, 0.05) is 11.1 Å². The zero-order valence-electron chi connectivity index (χ0n) is 12.1. The van der Waals surface area contributed by atoms with Gasteiger partial charge in [0.1, 0.15) is 17.1 Å². The standard InChI is InChI=1S/C16H19NO3/c1-9-13(18)7-6-11-14(19)10(2)16(20-15(9)11)12-5-4-8-17(12)3/h6-7,12,18H,4-5,8H2,1-3H3/t12-/m1/s1. The van der Waals surface area contributed by atoms with Crippen LogP contribution in [0.25, 0.3) is 11.0 Å². The summed E-state index contributed by atoms with van der Waals surface area (Å²) in [6.45, 7) is 4.62. The molecule has 0 unspecified atom stereocenters. The van der Waals surface area contributed by atoms with Crippen molar-refractivity contribution < 1.29 is 9.52 Å². The number of aromatic hydroxyl groups is 1. The molecule has 0 spiro atoms. The van der Waals surface area contributed by atoms with Crippen molar-refractivity contribution in [2.24, 2.45) is 0 Å². The van der Waals surface area contributed by atoms with Crippen molar-refractivity contribution in [3.05, 3.63) is 39.2 Å². The predicted molar refractivity (Wildman–Crippen MR) is 78.2 cm³/mol. The van der Waals surface area contributed by atoms with Gasteiger partial charge in [-0.2, -0.15) is 0 Å². The zero-order chi connectivity index (χ0) is 14.4. The van der Waals surface area contributed by atoms with Crippen LogP contribution in [0.2, 0.25) is 0 Å². The van der Waals surface area contributed by atoms with Crippen LogP contribution >= 0.6 is 0 Å². The highest BCUT2D eigenvalue weighted by molar-refractivity contribution is 5.82. The van der Waals surface area contributed by atoms with Crippen molar-refractivity contribution in [2.75, 3.05) is 13.6 Å². The summed E-state index contributed by atoms with van der Waals surface area (Å²) in [6.07, 6.45) is 2.12. The number of hydrogen-bond donors (Lipinski definition) is 1. The largest absolute Gasteiger partial charge is 0.508 e. The smallest absolute Gasteiger partial charge is 0.195 e. The summed E-state index contributed by atoms with van der Waals surface area (Å²) in [5.41, 5.74) is 1.82. The summed E-state index contributed by atoms with van der Waals surface area (Å²) in [5.74, 6) is 0.909. The number of phenols is 1. The van der Waals surface area contributed by atoms with Gasteiger partial charge in [-0.25, -0.2) is 0 Å². The number of aryl methyl sites for hydroxylation is 1. The van der Waals surface area contributed by atoms with Crippen molar-refractivity contribution in [1.29, 1.82) is 0 Å². The van der Waals surface area contributed by atoms with Gasteiger partial charge in [0.05, 0.1) is 11.4 Å². The average molecular weight is 273 g/mol. The summed E-state index contributed by atoms with van der Waals surface area (Å²) < 4.78 is 6.04. The molecule has 1 aliphatic heterocycles. The molecule has 1 fully saturated rings. The molecular weight excluding hydrogens is 254 g/mol. The maximum atomic E-state index is 12.5. The van der Waals surface area contributed by atoms with Crippen molar-refractivity contribution >= 4 is 11.0 Å². The topological polar surface area (TPSA) is 53.7 Å². The van der Waals surface area contributed by atoms with Gasteiger partial charge in [0.15, 0.2) is 5.43 Å². The molecule has 2 aromatic rings. The first-order valence-corrected chi connectivity index (χ1v) is 6.97. The predicted octanol–water partition coefficient (Wildman–Crippen LogP) is 2.88. The number of phenolic OH excluding ortho intramolecular Hbond substituents is 1. The molecular formula is C16H19NO3. The molecule has 4 heteroatoms. The molecule has 2 heterocycles. The van der Waals surface area contributed by atoms with E-state index < -0.39 is 0 Å². The Labute approximate surface area is 117 Å². The minimum Gasteiger partial charge on any atom is -0.508 e. The van der Waals surface area contributed by atoms with Crippen molar-refractivity contribution in [2.45, 2.75) is 32.7 Å². The lowest BCUT2D eigenvalue weighted by Crippen LogP contribution is -2.21. The molecule has 1 aromatic carbocycles. The number of benzene rings is 1. The van der Waals surface area contributed by atoms with Crippen LogP contribution < -0.4 is 5.43 Å². The third-order valence-electron chi connectivity index (χ3n) is 4.37. The van der Waals surface area contributed by atoms with Crippen molar-refractivity contribution in [3.63, 3.8) is 0 Å². The third kappa shape index (κ3) is 1.83. The molecule has 1 saturated heterocycles. The van der Waals surface area contributed by atoms with Gasteiger partial charge in [-0.15, -0.1) is 0 Å². The summed E-state index contributed by atoms with van der Waals surface area (Å²) in [6, 6.07) is 3.35. The molecule has 4 nitrogen and oxygen atoms in total. The minimum absolute atomic E-state index is 0.00431. The van der Waals surface area contributed by atoms with E-state index >= 15 is 0 Å². The molecule has 3 rings (SSSR count). The fourth-order valence-corrected chi connectivity index (χ4v) is 3.05. The van der Waals surface area contributed by atoms with Crippen LogP contribution in [0.1, 0.15) is 35.8 Å². The molecule has 0 radical (unpaired) electrons. The molecule has 1 aromatic heterocycles. The van der Waals surface area contributed by atoms with Gasteiger partial charge in [-0.1, -0.05) is 0 Å². The van der Waals surface area contributed by atoms with Crippen LogP contribution in [0, 0.1) is 13.8 Å². The molecule has 0 amide bonds. The lowest BCUT2D eigenvalue weighted by atomic mass is 10.0. The quantitative estimate of drug-likeness (QED) is 0.868. The van der Waals surface area contributed by atoms with Gasteiger partial charge in [-0.3, -0.25) is 9.69 Å². The van der Waals surface area contributed by atoms with Crippen molar-refractivity contribution in [3.8, 4) is 5.75 Å². The lowest BCUT2D eigenvalue weighted by Gasteiger charge is -2.20. The minimum atomic E-state index is 0.00431. The Morgan fingerprint density at radius 2 is 2.05 bits per heavy atom. The first-order chi connectivity index (χ1) is 9.50. The number of nitrogens with zero attached hydrogens (tertiary/aromatic N) is 1. The summed E-state index contributed by atoms with van der Waals surface area (Å²) >= 11 is 0. The van der Waals surface area contributed by atoms with E-state index in [-0.39, 0.29) is 17.2 Å². The van der Waals surface area contributed by atoms with E-state index in [0.29, 0.717) is 22.1 Å². The molecule has 0 aliphatic carbocycles. The molecule has 20 heavy (non-hydrogen) atoms. The van der Waals surface area contributed by atoms with E-state index in [2.05, 4.69) is 11.9 Å². The van der Waals surface area contributed by atoms with E-state index in [1.54, 1.807) is 19.1 Å². The fraction of sp³-hybridized carbons (Fsp3) is 0.438. The Hall–Kier alpha value is -1.81. The molecule has 1 atom stereocenters. The maximum absolute atomic E-state index is 12.5. The van der Waals surface area contributed by atoms with Gasteiger partial charge in [-0.05, 0) is 52.4 Å². The van der Waals surface area contributed by atoms with E-state index in [0.717, 1.165) is 25.1 Å². The SMILES string of the molecule is Cc1c([C@H]2CCCN2C)oc2c(C)c(O)ccc2c1=O. The molecule has 1 aliphatic rings. The number of rotatable bonds is 1. The van der Waals surface area contributed by atoms with Gasteiger partial charge < -0.3 is 9.52 Å². The highest BCUT2D eigenvalue weighted by Gasteiger charge is 2.28. The van der Waals surface area contributed by atoms with Crippen LogP contribution in [0.3, 0.4) is 0 Å². The second-order valence-electron chi connectivity index (χ2n) is 5.65. The molecule has 0 bridgehead atoms. The van der Waals surface area contributed by atoms with Gasteiger partial charge in [0.25, 0.3) is 0 Å². The summed E-state index contributed by atoms with van der Waals surface area (Å²) in [5, 5.41) is 10.4. The van der Waals surface area contributed by atoms with Crippen LogP contribution in [-0.2, 0) is 0 Å². The number of likely N-dealkylation sites (tertiary alicyclic amines) is 1. The third-order valence-corrected chi connectivity index (χ3v) is 4.37. The molecule has 0 saturated carbocycles. The number of hydrogen-bond acceptors (Lipinski definition) is 4. The van der Waals surface area contributed by atoms with E-state index in [1.165, 1.54) is 0 Å². The normalized spacial score (nSPS) is 19.9. The van der Waals surface area contributed by atoms with Crippen LogP contribution in [0.15, 0.2) is 21.3 Å². The highest BCUT2D eigenvalue weighted by atomic mass is 16.3. The maximum Gasteiger partial charge on any atom is 0.195 e. The van der Waals surface area contributed by atoms with Gasteiger partial charge >= 0.3 is 0 Å². The Kier molecular flexibility index (Phi) is 3.05. The Morgan fingerprint density at radius 3 is 2.70 bits per heavy atom. The molecule has 1 N–H and O–H groups in total. The monoisotopic (exact) mass is 273 g/mol. The summed E-state index contributed by atoms with van der Waals surface area (Å²) in [7, 11) is 2.05. The average Bonchev–Trinajstić information content (AvgIpc) is 2.84. The van der Waals surface area contributed by atoms with E-state index in [1.807, 2.05) is 6.92 Å². The highest BCUT2D eigenvalue weighted by Crippen LogP contribution is 2.34. The Morgan fingerprint density at radius 1 is 1.30 bits per heavy atom. The van der Waals surface area contributed by atoms with Crippen molar-refractivity contribution in [1.82, 2.24) is 4.90 Å². The number of fused-ring (bicyclic) bond motifs is 1. The zero-order valence-corrected chi connectivity index (χ0v) is 12.1. The van der Waals surface area contributed by atoms with Gasteiger partial charge in [0.2, 0.25) is 0 Å². The van der Waals surface area contributed by atoms with Crippen LogP contribution in [0.4, 0.5) is 0 Å². The van der Waals surface area contributed by atoms with Crippen LogP contribution in [-0.4, -0.2) is 23.6 Å².